The first-order chi connectivity index (χ1) is 9.21. The average molecular weight is 268 g/mol. The quantitative estimate of drug-likeness (QED) is 0.674. The Morgan fingerprint density at radius 1 is 1.16 bits per heavy atom. The third-order valence-electron chi connectivity index (χ3n) is 2.54. The number of carbonyl (C=O) groups is 1. The first-order valence-electron chi connectivity index (χ1n) is 6.04. The molecule has 6 nitrogen and oxygen atoms in total. The summed E-state index contributed by atoms with van der Waals surface area (Å²) in [4.78, 5) is 11.2. The fourth-order valence-electron chi connectivity index (χ4n) is 1.59. The molecule has 0 unspecified atom stereocenters. The molecule has 0 aliphatic rings. The summed E-state index contributed by atoms with van der Waals surface area (Å²) < 4.78 is 10.4. The number of methoxy groups -OCH3 is 2. The number of hydrogen-bond donors (Lipinski definition) is 3. The van der Waals surface area contributed by atoms with E-state index >= 15 is 0 Å². The second-order valence-corrected chi connectivity index (χ2v) is 3.85. The summed E-state index contributed by atoms with van der Waals surface area (Å²) in [6.07, 6.45) is 0.687. The summed E-state index contributed by atoms with van der Waals surface area (Å²) in [6, 6.07) is 5.36. The molecule has 0 saturated carbocycles. The lowest BCUT2D eigenvalue weighted by Gasteiger charge is -2.10. The highest BCUT2D eigenvalue weighted by Crippen LogP contribution is 2.27. The number of aliphatic hydroxyl groups is 1. The lowest BCUT2D eigenvalue weighted by Crippen LogP contribution is -2.37. The van der Waals surface area contributed by atoms with E-state index in [1.165, 1.54) is 0 Å². The highest BCUT2D eigenvalue weighted by molar-refractivity contribution is 5.73. The molecular formula is C13H20N2O4. The predicted molar refractivity (Wildman–Crippen MR) is 71.7 cm³/mol. The van der Waals surface area contributed by atoms with Crippen molar-refractivity contribution < 1.29 is 19.4 Å². The van der Waals surface area contributed by atoms with Crippen LogP contribution in [0.1, 0.15) is 5.56 Å². The maximum atomic E-state index is 11.2. The Morgan fingerprint density at radius 3 is 2.47 bits per heavy atom. The van der Waals surface area contributed by atoms with E-state index in [2.05, 4.69) is 10.6 Å². The SMILES string of the molecule is COc1ccc(CCNC(=O)NCCO)cc1OC. The molecule has 0 radical (unpaired) electrons. The molecule has 0 fully saturated rings. The molecule has 1 aromatic rings. The second kappa shape index (κ2) is 8.20. The molecule has 0 aliphatic heterocycles. The highest BCUT2D eigenvalue weighted by atomic mass is 16.5. The van der Waals surface area contributed by atoms with Crippen molar-refractivity contribution in [2.75, 3.05) is 33.9 Å². The smallest absolute Gasteiger partial charge is 0.314 e. The van der Waals surface area contributed by atoms with Crippen molar-refractivity contribution >= 4 is 6.03 Å². The van der Waals surface area contributed by atoms with Gasteiger partial charge in [-0.1, -0.05) is 6.07 Å². The zero-order chi connectivity index (χ0) is 14.1. The van der Waals surface area contributed by atoms with Gasteiger partial charge in [-0.25, -0.2) is 4.79 Å². The Bertz CT molecular complexity index is 410. The number of benzene rings is 1. The molecule has 2 amide bonds. The van der Waals surface area contributed by atoms with E-state index < -0.39 is 0 Å². The van der Waals surface area contributed by atoms with Gasteiger partial charge in [0.05, 0.1) is 20.8 Å². The molecule has 0 heterocycles. The van der Waals surface area contributed by atoms with Crippen LogP contribution in [0.15, 0.2) is 18.2 Å². The Labute approximate surface area is 112 Å². The third kappa shape index (κ3) is 5.05. The highest BCUT2D eigenvalue weighted by Gasteiger charge is 2.05. The summed E-state index contributed by atoms with van der Waals surface area (Å²) in [5.74, 6) is 1.35. The van der Waals surface area contributed by atoms with E-state index in [1.807, 2.05) is 18.2 Å². The summed E-state index contributed by atoms with van der Waals surface area (Å²) in [7, 11) is 3.17. The van der Waals surface area contributed by atoms with Crippen molar-refractivity contribution in [3.63, 3.8) is 0 Å². The van der Waals surface area contributed by atoms with Crippen LogP contribution in [0.3, 0.4) is 0 Å². The number of amides is 2. The van der Waals surface area contributed by atoms with Crippen molar-refractivity contribution in [2.24, 2.45) is 0 Å². The summed E-state index contributed by atoms with van der Waals surface area (Å²) in [6.45, 7) is 0.692. The molecule has 0 bridgehead atoms. The molecule has 0 saturated heterocycles. The number of ether oxygens (including phenoxy) is 2. The fourth-order valence-corrected chi connectivity index (χ4v) is 1.59. The average Bonchev–Trinajstić information content (AvgIpc) is 2.44. The Morgan fingerprint density at radius 2 is 1.84 bits per heavy atom. The van der Waals surface area contributed by atoms with Crippen molar-refractivity contribution in [3.05, 3.63) is 23.8 Å². The lowest BCUT2D eigenvalue weighted by molar-refractivity contribution is 0.234. The fraction of sp³-hybridized carbons (Fsp3) is 0.462. The van der Waals surface area contributed by atoms with E-state index in [1.54, 1.807) is 14.2 Å². The van der Waals surface area contributed by atoms with Gasteiger partial charge in [-0.05, 0) is 24.1 Å². The molecule has 19 heavy (non-hydrogen) atoms. The van der Waals surface area contributed by atoms with Crippen LogP contribution < -0.4 is 20.1 Å². The zero-order valence-electron chi connectivity index (χ0n) is 11.2. The van der Waals surface area contributed by atoms with Gasteiger partial charge in [0.2, 0.25) is 0 Å². The van der Waals surface area contributed by atoms with Crippen LogP contribution in [-0.2, 0) is 6.42 Å². The summed E-state index contributed by atoms with van der Waals surface area (Å²) in [5.41, 5.74) is 1.04. The van der Waals surface area contributed by atoms with E-state index in [-0.39, 0.29) is 19.2 Å². The van der Waals surface area contributed by atoms with Crippen molar-refractivity contribution in [3.8, 4) is 11.5 Å². The van der Waals surface area contributed by atoms with Gasteiger partial charge in [0.15, 0.2) is 11.5 Å². The lowest BCUT2D eigenvalue weighted by atomic mass is 10.1. The molecule has 0 aliphatic carbocycles. The number of urea groups is 1. The van der Waals surface area contributed by atoms with E-state index in [4.69, 9.17) is 14.6 Å². The standard InChI is InChI=1S/C13H20N2O4/c1-18-11-4-3-10(9-12(11)19-2)5-6-14-13(17)15-7-8-16/h3-4,9,16H,5-8H2,1-2H3,(H2,14,15,17). The van der Waals surface area contributed by atoms with E-state index in [0.717, 1.165) is 5.56 Å². The van der Waals surface area contributed by atoms with Crippen LogP contribution in [0.2, 0.25) is 0 Å². The molecular weight excluding hydrogens is 248 g/mol. The van der Waals surface area contributed by atoms with Gasteiger partial charge in [0.1, 0.15) is 0 Å². The second-order valence-electron chi connectivity index (χ2n) is 3.85. The normalized spacial score (nSPS) is 9.84. The van der Waals surface area contributed by atoms with Gasteiger partial charge in [-0.15, -0.1) is 0 Å². The molecule has 3 N–H and O–H groups in total. The minimum absolute atomic E-state index is 0.0664. The topological polar surface area (TPSA) is 79.8 Å². The number of aliphatic hydroxyl groups excluding tert-OH is 1. The van der Waals surface area contributed by atoms with Gasteiger partial charge in [-0.2, -0.15) is 0 Å². The van der Waals surface area contributed by atoms with Gasteiger partial charge in [-0.3, -0.25) is 0 Å². The monoisotopic (exact) mass is 268 g/mol. The summed E-state index contributed by atoms with van der Waals surface area (Å²) in [5, 5.41) is 13.8. The maximum Gasteiger partial charge on any atom is 0.314 e. The molecule has 0 aromatic heterocycles. The number of carbonyl (C=O) groups excluding carboxylic acids is 1. The maximum absolute atomic E-state index is 11.2. The number of hydrogen-bond acceptors (Lipinski definition) is 4. The van der Waals surface area contributed by atoms with Crippen molar-refractivity contribution in [1.82, 2.24) is 10.6 Å². The summed E-state index contributed by atoms with van der Waals surface area (Å²) >= 11 is 0. The molecule has 106 valence electrons. The van der Waals surface area contributed by atoms with Gasteiger partial charge < -0.3 is 25.2 Å². The predicted octanol–water partition coefficient (Wildman–Crippen LogP) is 0.538. The first kappa shape index (κ1) is 15.1. The van der Waals surface area contributed by atoms with E-state index in [9.17, 15) is 4.79 Å². The Kier molecular flexibility index (Phi) is 6.52. The number of rotatable bonds is 7. The minimum Gasteiger partial charge on any atom is -0.493 e. The molecule has 0 spiro atoms. The molecule has 0 atom stereocenters. The van der Waals surface area contributed by atoms with Crippen LogP contribution in [0, 0.1) is 0 Å². The molecule has 6 heteroatoms. The van der Waals surface area contributed by atoms with Gasteiger partial charge in [0, 0.05) is 13.1 Å². The van der Waals surface area contributed by atoms with Crippen LogP contribution in [0.5, 0.6) is 11.5 Å². The third-order valence-corrected chi connectivity index (χ3v) is 2.54. The largest absolute Gasteiger partial charge is 0.493 e. The molecule has 1 rings (SSSR count). The van der Waals surface area contributed by atoms with Crippen molar-refractivity contribution in [1.29, 1.82) is 0 Å². The van der Waals surface area contributed by atoms with Crippen LogP contribution >= 0.6 is 0 Å². The van der Waals surface area contributed by atoms with Crippen LogP contribution in [-0.4, -0.2) is 45.1 Å². The first-order valence-corrected chi connectivity index (χ1v) is 6.04. The van der Waals surface area contributed by atoms with E-state index in [0.29, 0.717) is 24.5 Å². The minimum atomic E-state index is -0.283. The van der Waals surface area contributed by atoms with Crippen LogP contribution in [0.25, 0.3) is 0 Å². The van der Waals surface area contributed by atoms with Crippen molar-refractivity contribution in [2.45, 2.75) is 6.42 Å². The Balaban J connectivity index is 2.43. The zero-order valence-corrected chi connectivity index (χ0v) is 11.2. The van der Waals surface area contributed by atoms with Gasteiger partial charge >= 0.3 is 6.03 Å². The van der Waals surface area contributed by atoms with Crippen LogP contribution in [0.4, 0.5) is 4.79 Å². The number of nitrogens with one attached hydrogen (secondary N) is 2. The molecule has 1 aromatic carbocycles. The Hall–Kier alpha value is -1.95. The van der Waals surface area contributed by atoms with Gasteiger partial charge in [0.25, 0.3) is 0 Å².